The highest BCUT2D eigenvalue weighted by Gasteiger charge is 2.32. The van der Waals surface area contributed by atoms with Crippen LogP contribution in [0.2, 0.25) is 0 Å². The Bertz CT molecular complexity index is 939. The zero-order chi connectivity index (χ0) is 21.7. The van der Waals surface area contributed by atoms with Crippen molar-refractivity contribution in [3.63, 3.8) is 0 Å². The molecule has 1 amide bonds. The summed E-state index contributed by atoms with van der Waals surface area (Å²) in [6, 6.07) is 10.5. The van der Waals surface area contributed by atoms with Gasteiger partial charge in [0, 0.05) is 23.7 Å². The molecule has 8 heteroatoms. The van der Waals surface area contributed by atoms with Crippen LogP contribution in [0.4, 0.5) is 5.69 Å². The Hall–Kier alpha value is -3.42. The van der Waals surface area contributed by atoms with Crippen LogP contribution in [0.1, 0.15) is 19.4 Å². The number of hydrogen-bond donors (Lipinski definition) is 1. The molecule has 0 aromatic heterocycles. The fraction of sp³-hybridized carbons (Fsp3) is 0.364. The molecule has 1 aliphatic heterocycles. The Morgan fingerprint density at radius 2 is 1.80 bits per heavy atom. The van der Waals surface area contributed by atoms with Gasteiger partial charge < -0.3 is 29.0 Å². The molecule has 2 aromatic rings. The molecule has 0 radical (unpaired) electrons. The number of rotatable bonds is 8. The molecule has 160 valence electrons. The molecular weight excluding hydrogens is 390 g/mol. The molecular formula is C22H25NO7. The third-order valence-electron chi connectivity index (χ3n) is 4.43. The highest BCUT2D eigenvalue weighted by atomic mass is 16.6. The lowest BCUT2D eigenvalue weighted by atomic mass is 10.0. The number of carbonyl (C=O) groups excluding carboxylic acids is 2. The van der Waals surface area contributed by atoms with Gasteiger partial charge in [0.15, 0.2) is 36.2 Å². The first-order chi connectivity index (χ1) is 14.3. The highest BCUT2D eigenvalue weighted by Crippen LogP contribution is 2.41. The number of fused-ring (bicyclic) bond motifs is 1. The maximum absolute atomic E-state index is 12.0. The van der Waals surface area contributed by atoms with Crippen molar-refractivity contribution >= 4 is 17.6 Å². The van der Waals surface area contributed by atoms with Gasteiger partial charge in [0.1, 0.15) is 5.60 Å². The Balaban J connectivity index is 1.48. The standard InChI is InChI=1S/C22H25NO7/c1-22(2)11-14-6-5-7-17(21(14)30-22)28-13-20(25)29-12-19(24)23-15-8-9-16(26-3)18(10-15)27-4/h5-10H,11-13H2,1-4H3,(H,23,24). The lowest BCUT2D eigenvalue weighted by Gasteiger charge is -2.18. The van der Waals surface area contributed by atoms with Gasteiger partial charge in [0.05, 0.1) is 14.2 Å². The molecule has 0 aliphatic carbocycles. The molecule has 3 rings (SSSR count). The predicted octanol–water partition coefficient (Wildman–Crippen LogP) is 2.98. The van der Waals surface area contributed by atoms with Crippen LogP contribution in [0, 0.1) is 0 Å². The normalized spacial score (nSPS) is 13.6. The van der Waals surface area contributed by atoms with Crippen molar-refractivity contribution in [1.82, 2.24) is 0 Å². The first-order valence-corrected chi connectivity index (χ1v) is 9.42. The lowest BCUT2D eigenvalue weighted by Crippen LogP contribution is -2.25. The second-order valence-electron chi connectivity index (χ2n) is 7.35. The Labute approximate surface area is 175 Å². The number of benzene rings is 2. The van der Waals surface area contributed by atoms with E-state index in [2.05, 4.69) is 5.32 Å². The van der Waals surface area contributed by atoms with E-state index in [1.165, 1.54) is 14.2 Å². The molecule has 0 atom stereocenters. The van der Waals surface area contributed by atoms with Gasteiger partial charge in [0.25, 0.3) is 5.91 Å². The SMILES string of the molecule is COc1ccc(NC(=O)COC(=O)COc2cccc3c2OC(C)(C)C3)cc1OC. The van der Waals surface area contributed by atoms with Crippen LogP contribution >= 0.6 is 0 Å². The van der Waals surface area contributed by atoms with Gasteiger partial charge in [-0.15, -0.1) is 0 Å². The summed E-state index contributed by atoms with van der Waals surface area (Å²) in [6.45, 7) is 3.21. The van der Waals surface area contributed by atoms with Gasteiger partial charge >= 0.3 is 5.97 Å². The van der Waals surface area contributed by atoms with Crippen LogP contribution in [0.25, 0.3) is 0 Å². The summed E-state index contributed by atoms with van der Waals surface area (Å²) in [4.78, 5) is 24.0. The summed E-state index contributed by atoms with van der Waals surface area (Å²) in [5, 5.41) is 2.63. The average molecular weight is 415 g/mol. The van der Waals surface area contributed by atoms with E-state index in [9.17, 15) is 9.59 Å². The van der Waals surface area contributed by atoms with Crippen LogP contribution < -0.4 is 24.3 Å². The van der Waals surface area contributed by atoms with Gasteiger partial charge in [-0.05, 0) is 32.0 Å². The molecule has 30 heavy (non-hydrogen) atoms. The second-order valence-corrected chi connectivity index (χ2v) is 7.35. The summed E-state index contributed by atoms with van der Waals surface area (Å²) < 4.78 is 26.8. The van der Waals surface area contributed by atoms with E-state index in [0.29, 0.717) is 28.7 Å². The maximum Gasteiger partial charge on any atom is 0.344 e. The molecule has 2 aromatic carbocycles. The number of amides is 1. The molecule has 1 aliphatic rings. The van der Waals surface area contributed by atoms with Crippen molar-refractivity contribution in [3.05, 3.63) is 42.0 Å². The summed E-state index contributed by atoms with van der Waals surface area (Å²) in [5.41, 5.74) is 1.20. The van der Waals surface area contributed by atoms with Crippen LogP contribution in [-0.2, 0) is 20.7 Å². The van der Waals surface area contributed by atoms with Gasteiger partial charge in [0.2, 0.25) is 0 Å². The number of esters is 1. The minimum atomic E-state index is -0.660. The van der Waals surface area contributed by atoms with E-state index < -0.39 is 18.5 Å². The Morgan fingerprint density at radius 3 is 2.53 bits per heavy atom. The Kier molecular flexibility index (Phi) is 6.34. The molecule has 8 nitrogen and oxygen atoms in total. The third-order valence-corrected chi connectivity index (χ3v) is 4.43. The lowest BCUT2D eigenvalue weighted by molar-refractivity contribution is -0.149. The summed E-state index contributed by atoms with van der Waals surface area (Å²) in [7, 11) is 3.02. The fourth-order valence-corrected chi connectivity index (χ4v) is 3.14. The van der Waals surface area contributed by atoms with Crippen molar-refractivity contribution in [2.75, 3.05) is 32.8 Å². The van der Waals surface area contributed by atoms with E-state index in [1.54, 1.807) is 24.3 Å². The largest absolute Gasteiger partial charge is 0.493 e. The number of para-hydroxylation sites is 1. The Morgan fingerprint density at radius 1 is 1.03 bits per heavy atom. The smallest absolute Gasteiger partial charge is 0.344 e. The predicted molar refractivity (Wildman–Crippen MR) is 109 cm³/mol. The van der Waals surface area contributed by atoms with Crippen LogP contribution in [-0.4, -0.2) is 44.9 Å². The van der Waals surface area contributed by atoms with Crippen molar-refractivity contribution in [2.24, 2.45) is 0 Å². The number of ether oxygens (including phenoxy) is 5. The summed E-state index contributed by atoms with van der Waals surface area (Å²) >= 11 is 0. The zero-order valence-corrected chi connectivity index (χ0v) is 17.4. The van der Waals surface area contributed by atoms with Crippen LogP contribution in [0.5, 0.6) is 23.0 Å². The van der Waals surface area contributed by atoms with E-state index in [1.807, 2.05) is 26.0 Å². The first kappa shape index (κ1) is 21.3. The van der Waals surface area contributed by atoms with E-state index in [0.717, 1.165) is 12.0 Å². The van der Waals surface area contributed by atoms with Gasteiger partial charge in [-0.2, -0.15) is 0 Å². The van der Waals surface area contributed by atoms with Gasteiger partial charge in [-0.25, -0.2) is 4.79 Å². The molecule has 1 N–H and O–H groups in total. The minimum Gasteiger partial charge on any atom is -0.493 e. The topological polar surface area (TPSA) is 92.3 Å². The molecule has 0 spiro atoms. The molecule has 0 unspecified atom stereocenters. The molecule has 0 saturated carbocycles. The fourth-order valence-electron chi connectivity index (χ4n) is 3.14. The molecule has 0 fully saturated rings. The quantitative estimate of drug-likeness (QED) is 0.663. The van der Waals surface area contributed by atoms with E-state index in [4.69, 9.17) is 23.7 Å². The van der Waals surface area contributed by atoms with Crippen molar-refractivity contribution in [2.45, 2.75) is 25.9 Å². The first-order valence-electron chi connectivity index (χ1n) is 9.42. The van der Waals surface area contributed by atoms with E-state index >= 15 is 0 Å². The van der Waals surface area contributed by atoms with Crippen LogP contribution in [0.3, 0.4) is 0 Å². The number of carbonyl (C=O) groups is 2. The molecule has 0 bridgehead atoms. The highest BCUT2D eigenvalue weighted by molar-refractivity contribution is 5.93. The molecule has 1 heterocycles. The number of hydrogen-bond acceptors (Lipinski definition) is 7. The van der Waals surface area contributed by atoms with Gasteiger partial charge in [-0.1, -0.05) is 12.1 Å². The zero-order valence-electron chi connectivity index (χ0n) is 17.4. The molecule has 0 saturated heterocycles. The third kappa shape index (κ3) is 5.14. The summed E-state index contributed by atoms with van der Waals surface area (Å²) in [6.07, 6.45) is 0.764. The number of nitrogens with one attached hydrogen (secondary N) is 1. The van der Waals surface area contributed by atoms with Gasteiger partial charge in [-0.3, -0.25) is 4.79 Å². The maximum atomic E-state index is 12.0. The van der Waals surface area contributed by atoms with Crippen molar-refractivity contribution in [1.29, 1.82) is 0 Å². The van der Waals surface area contributed by atoms with Crippen molar-refractivity contribution < 1.29 is 33.3 Å². The number of methoxy groups -OCH3 is 2. The average Bonchev–Trinajstić information content (AvgIpc) is 3.04. The second kappa shape index (κ2) is 8.94. The number of anilines is 1. The minimum absolute atomic E-state index is 0.315. The van der Waals surface area contributed by atoms with E-state index in [-0.39, 0.29) is 12.2 Å². The van der Waals surface area contributed by atoms with Crippen LogP contribution in [0.15, 0.2) is 36.4 Å². The summed E-state index contributed by atoms with van der Waals surface area (Å²) in [5.74, 6) is 0.986. The van der Waals surface area contributed by atoms with Crippen molar-refractivity contribution in [3.8, 4) is 23.0 Å². The monoisotopic (exact) mass is 415 g/mol.